The molecule has 29 heavy (non-hydrogen) atoms. The van der Waals surface area contributed by atoms with Crippen molar-refractivity contribution in [2.75, 3.05) is 33.3 Å². The van der Waals surface area contributed by atoms with Gasteiger partial charge in [-0.15, -0.1) is 0 Å². The molecule has 2 aliphatic rings. The number of hydrogen-bond donors (Lipinski definition) is 0. The zero-order valence-electron chi connectivity index (χ0n) is 17.0. The highest BCUT2D eigenvalue weighted by Gasteiger charge is 2.31. The van der Waals surface area contributed by atoms with Crippen LogP contribution in [0.1, 0.15) is 36.0 Å². The van der Waals surface area contributed by atoms with Gasteiger partial charge in [0.05, 0.1) is 12.7 Å². The Kier molecular flexibility index (Phi) is 6.30. The molecule has 2 saturated heterocycles. The summed E-state index contributed by atoms with van der Waals surface area (Å²) in [4.78, 5) is 21.5. The molecule has 4 rings (SSSR count). The zero-order chi connectivity index (χ0) is 20.1. The van der Waals surface area contributed by atoms with Crippen molar-refractivity contribution in [3.63, 3.8) is 0 Å². The lowest BCUT2D eigenvalue weighted by molar-refractivity contribution is 0.0424. The van der Waals surface area contributed by atoms with E-state index in [2.05, 4.69) is 9.88 Å². The Morgan fingerprint density at radius 2 is 1.66 bits per heavy atom. The fourth-order valence-corrected chi connectivity index (χ4v) is 4.39. The van der Waals surface area contributed by atoms with Gasteiger partial charge in [0, 0.05) is 44.6 Å². The average molecular weight is 396 g/mol. The number of para-hydroxylation sites is 1. The molecule has 2 aromatic rings. The molecule has 1 aromatic heterocycles. The van der Waals surface area contributed by atoms with Crippen LogP contribution in [-0.2, 0) is 0 Å². The van der Waals surface area contributed by atoms with Crippen LogP contribution in [0.25, 0.3) is 0 Å². The van der Waals surface area contributed by atoms with Gasteiger partial charge in [0.25, 0.3) is 5.91 Å². The lowest BCUT2D eigenvalue weighted by Crippen LogP contribution is -2.50. The number of likely N-dealkylation sites (tertiary alicyclic amines) is 2. The number of pyridine rings is 1. The topological polar surface area (TPSA) is 54.9 Å². The minimum atomic E-state index is 0.0744. The smallest absolute Gasteiger partial charge is 0.257 e. The first kappa shape index (κ1) is 19.7. The first-order chi connectivity index (χ1) is 14.2. The first-order valence-electron chi connectivity index (χ1n) is 10.5. The number of nitrogens with zero attached hydrogens (tertiary/aromatic N) is 3. The van der Waals surface area contributed by atoms with Crippen LogP contribution in [-0.4, -0.2) is 66.1 Å². The lowest BCUT2D eigenvalue weighted by atomic mass is 9.98. The Bertz CT molecular complexity index is 798. The summed E-state index contributed by atoms with van der Waals surface area (Å²) < 4.78 is 11.4. The van der Waals surface area contributed by atoms with E-state index in [9.17, 15) is 4.79 Å². The maximum Gasteiger partial charge on any atom is 0.257 e. The summed E-state index contributed by atoms with van der Waals surface area (Å²) in [6, 6.07) is 11.9. The third kappa shape index (κ3) is 4.70. The summed E-state index contributed by atoms with van der Waals surface area (Å²) in [6.07, 6.45) is 7.95. The number of amides is 1. The highest BCUT2D eigenvalue weighted by molar-refractivity contribution is 5.97. The van der Waals surface area contributed by atoms with E-state index in [0.717, 1.165) is 57.6 Å². The lowest BCUT2D eigenvalue weighted by Gasteiger charge is -2.41. The molecule has 2 fully saturated rings. The summed E-state index contributed by atoms with van der Waals surface area (Å²) in [5.41, 5.74) is 0.655. The van der Waals surface area contributed by atoms with Crippen LogP contribution >= 0.6 is 0 Å². The van der Waals surface area contributed by atoms with Gasteiger partial charge in [0.1, 0.15) is 17.6 Å². The van der Waals surface area contributed by atoms with Crippen LogP contribution in [0.5, 0.6) is 11.5 Å². The van der Waals surface area contributed by atoms with Crippen molar-refractivity contribution in [2.24, 2.45) is 0 Å². The van der Waals surface area contributed by atoms with E-state index in [1.54, 1.807) is 19.5 Å². The average Bonchev–Trinajstić information content (AvgIpc) is 2.80. The summed E-state index contributed by atoms with van der Waals surface area (Å²) in [5.74, 6) is 1.63. The van der Waals surface area contributed by atoms with Gasteiger partial charge in [0.2, 0.25) is 0 Å². The highest BCUT2D eigenvalue weighted by Crippen LogP contribution is 2.26. The van der Waals surface area contributed by atoms with Gasteiger partial charge >= 0.3 is 0 Å². The second-order valence-corrected chi connectivity index (χ2v) is 7.76. The zero-order valence-corrected chi connectivity index (χ0v) is 17.0. The fraction of sp³-hybridized carbons (Fsp3) is 0.478. The molecule has 0 saturated carbocycles. The number of methoxy groups -OCH3 is 1. The maximum atomic E-state index is 12.9. The second kappa shape index (κ2) is 9.27. The van der Waals surface area contributed by atoms with Crippen LogP contribution in [0, 0.1) is 0 Å². The minimum absolute atomic E-state index is 0.0744. The molecule has 0 radical (unpaired) electrons. The quantitative estimate of drug-likeness (QED) is 0.778. The van der Waals surface area contributed by atoms with Crippen molar-refractivity contribution < 1.29 is 14.3 Å². The standard InChI is InChI=1S/C23H29N3O3/c1-28-22-5-3-2-4-21(22)23(27)26-14-8-18(9-15-26)25-16-10-20(11-17-25)29-19-6-12-24-13-7-19/h2-7,12-13,18,20H,8-11,14-17H2,1H3. The molecule has 2 aliphatic heterocycles. The Hall–Kier alpha value is -2.60. The number of carbonyl (C=O) groups excluding carboxylic acids is 1. The number of ether oxygens (including phenoxy) is 2. The van der Waals surface area contributed by atoms with E-state index in [4.69, 9.17) is 9.47 Å². The monoisotopic (exact) mass is 395 g/mol. The van der Waals surface area contributed by atoms with Gasteiger partial charge in [0.15, 0.2) is 0 Å². The van der Waals surface area contributed by atoms with E-state index < -0.39 is 0 Å². The molecule has 6 heteroatoms. The number of aromatic nitrogens is 1. The van der Waals surface area contributed by atoms with Crippen LogP contribution in [0.15, 0.2) is 48.8 Å². The number of rotatable bonds is 5. The molecule has 0 unspecified atom stereocenters. The fourth-order valence-electron chi connectivity index (χ4n) is 4.39. The molecular formula is C23H29N3O3. The van der Waals surface area contributed by atoms with Crippen LogP contribution in [0.4, 0.5) is 0 Å². The molecular weight excluding hydrogens is 366 g/mol. The van der Waals surface area contributed by atoms with E-state index in [-0.39, 0.29) is 12.0 Å². The van der Waals surface area contributed by atoms with Gasteiger partial charge in [-0.25, -0.2) is 0 Å². The van der Waals surface area contributed by atoms with Gasteiger partial charge in [-0.05, 0) is 49.9 Å². The Balaban J connectivity index is 1.25. The number of piperidine rings is 2. The maximum absolute atomic E-state index is 12.9. The predicted molar refractivity (Wildman–Crippen MR) is 111 cm³/mol. The molecule has 0 spiro atoms. The van der Waals surface area contributed by atoms with Crippen molar-refractivity contribution in [1.29, 1.82) is 0 Å². The molecule has 1 amide bonds. The molecule has 154 valence electrons. The Labute approximate surface area is 172 Å². The van der Waals surface area contributed by atoms with Gasteiger partial charge < -0.3 is 14.4 Å². The molecule has 0 N–H and O–H groups in total. The summed E-state index contributed by atoms with van der Waals surface area (Å²) in [7, 11) is 1.61. The Morgan fingerprint density at radius 3 is 2.34 bits per heavy atom. The van der Waals surface area contributed by atoms with E-state index in [1.165, 1.54) is 0 Å². The first-order valence-corrected chi connectivity index (χ1v) is 10.5. The van der Waals surface area contributed by atoms with Gasteiger partial charge in [-0.2, -0.15) is 0 Å². The molecule has 0 aliphatic carbocycles. The molecule has 3 heterocycles. The summed E-state index contributed by atoms with van der Waals surface area (Å²) >= 11 is 0. The number of carbonyl (C=O) groups is 1. The SMILES string of the molecule is COc1ccccc1C(=O)N1CCC(N2CCC(Oc3ccncc3)CC2)CC1. The Morgan fingerprint density at radius 1 is 0.966 bits per heavy atom. The second-order valence-electron chi connectivity index (χ2n) is 7.76. The molecule has 0 bridgehead atoms. The van der Waals surface area contributed by atoms with Crippen molar-refractivity contribution in [3.8, 4) is 11.5 Å². The normalized spacial score (nSPS) is 19.1. The van der Waals surface area contributed by atoms with Gasteiger partial charge in [-0.1, -0.05) is 12.1 Å². The van der Waals surface area contributed by atoms with E-state index >= 15 is 0 Å². The molecule has 6 nitrogen and oxygen atoms in total. The van der Waals surface area contributed by atoms with Crippen molar-refractivity contribution in [3.05, 3.63) is 54.4 Å². The van der Waals surface area contributed by atoms with Crippen LogP contribution in [0.3, 0.4) is 0 Å². The summed E-state index contributed by atoms with van der Waals surface area (Å²) in [6.45, 7) is 3.71. The van der Waals surface area contributed by atoms with E-state index in [0.29, 0.717) is 17.4 Å². The van der Waals surface area contributed by atoms with Crippen molar-refractivity contribution in [2.45, 2.75) is 37.8 Å². The highest BCUT2D eigenvalue weighted by atomic mass is 16.5. The summed E-state index contributed by atoms with van der Waals surface area (Å²) in [5, 5.41) is 0. The van der Waals surface area contributed by atoms with Crippen LogP contribution in [0.2, 0.25) is 0 Å². The largest absolute Gasteiger partial charge is 0.496 e. The molecule has 0 atom stereocenters. The van der Waals surface area contributed by atoms with Crippen LogP contribution < -0.4 is 9.47 Å². The number of benzene rings is 1. The van der Waals surface area contributed by atoms with Crippen molar-refractivity contribution >= 4 is 5.91 Å². The molecule has 1 aromatic carbocycles. The third-order valence-electron chi connectivity index (χ3n) is 6.03. The van der Waals surface area contributed by atoms with E-state index in [1.807, 2.05) is 41.3 Å². The predicted octanol–water partition coefficient (Wildman–Crippen LogP) is 3.24. The third-order valence-corrected chi connectivity index (χ3v) is 6.03. The minimum Gasteiger partial charge on any atom is -0.496 e. The number of hydrogen-bond acceptors (Lipinski definition) is 5. The van der Waals surface area contributed by atoms with Gasteiger partial charge in [-0.3, -0.25) is 14.7 Å². The van der Waals surface area contributed by atoms with Crippen molar-refractivity contribution in [1.82, 2.24) is 14.8 Å².